The summed E-state index contributed by atoms with van der Waals surface area (Å²) in [5, 5.41) is 3.38. The summed E-state index contributed by atoms with van der Waals surface area (Å²) in [6.07, 6.45) is 2.83. The predicted molar refractivity (Wildman–Crippen MR) is 90.9 cm³/mol. The molecule has 0 atom stereocenters. The van der Waals surface area contributed by atoms with E-state index in [1.165, 1.54) is 16.4 Å². The van der Waals surface area contributed by atoms with Crippen LogP contribution < -0.4 is 5.32 Å². The van der Waals surface area contributed by atoms with E-state index in [4.69, 9.17) is 11.6 Å². The second-order valence-corrected chi connectivity index (χ2v) is 8.23. The van der Waals surface area contributed by atoms with Gasteiger partial charge in [-0.3, -0.25) is 4.79 Å². The summed E-state index contributed by atoms with van der Waals surface area (Å²) < 4.78 is 26.6. The molecule has 1 fully saturated rings. The Morgan fingerprint density at radius 3 is 2.43 bits per heavy atom. The molecule has 1 aromatic rings. The van der Waals surface area contributed by atoms with Gasteiger partial charge in [-0.2, -0.15) is 4.31 Å². The fraction of sp³-hybridized carbons (Fsp3) is 0.562. The summed E-state index contributed by atoms with van der Waals surface area (Å²) in [6, 6.07) is 6.22. The number of nitrogens with zero attached hydrogens (tertiary/aromatic N) is 1. The van der Waals surface area contributed by atoms with Crippen molar-refractivity contribution in [2.24, 2.45) is 5.92 Å². The van der Waals surface area contributed by atoms with E-state index < -0.39 is 10.0 Å². The fourth-order valence-corrected chi connectivity index (χ4v) is 4.30. The first-order valence-corrected chi connectivity index (χ1v) is 9.77. The number of carbonyl (C=O) groups is 1. The van der Waals surface area contributed by atoms with Crippen LogP contribution in [0.2, 0.25) is 5.02 Å². The van der Waals surface area contributed by atoms with Crippen molar-refractivity contribution in [3.8, 4) is 0 Å². The summed E-state index contributed by atoms with van der Waals surface area (Å²) in [5.41, 5.74) is 0. The molecule has 0 bridgehead atoms. The Bertz CT molecular complexity index is 623. The maximum atomic E-state index is 12.6. The smallest absolute Gasteiger partial charge is 0.243 e. The standard InChI is InChI=1S/C16H23ClN2O3S/c1-2-9-18-16(20)12-13-7-10-19(11-8-13)23(21,22)15-5-3-14(17)4-6-15/h3-6,13H,2,7-12H2,1H3,(H,18,20). The zero-order chi connectivity index (χ0) is 16.9. The van der Waals surface area contributed by atoms with Gasteiger partial charge in [0.2, 0.25) is 15.9 Å². The van der Waals surface area contributed by atoms with Gasteiger partial charge in [-0.15, -0.1) is 0 Å². The van der Waals surface area contributed by atoms with E-state index in [1.54, 1.807) is 12.1 Å². The van der Waals surface area contributed by atoms with E-state index in [-0.39, 0.29) is 16.7 Å². The van der Waals surface area contributed by atoms with Crippen molar-refractivity contribution >= 4 is 27.5 Å². The zero-order valence-corrected chi connectivity index (χ0v) is 14.9. The third-order valence-corrected chi connectivity index (χ3v) is 6.24. The Kier molecular flexibility index (Phi) is 6.44. The molecule has 1 heterocycles. The summed E-state index contributed by atoms with van der Waals surface area (Å²) in [5.74, 6) is 0.314. The molecule has 0 aromatic heterocycles. The Labute approximate surface area is 143 Å². The average Bonchev–Trinajstić information content (AvgIpc) is 2.54. The van der Waals surface area contributed by atoms with E-state index >= 15 is 0 Å². The molecule has 0 spiro atoms. The Balaban J connectivity index is 1.91. The van der Waals surface area contributed by atoms with Gasteiger partial charge >= 0.3 is 0 Å². The number of hydrogen-bond donors (Lipinski definition) is 1. The lowest BCUT2D eigenvalue weighted by Gasteiger charge is -2.31. The van der Waals surface area contributed by atoms with Crippen LogP contribution in [0, 0.1) is 5.92 Å². The van der Waals surface area contributed by atoms with E-state index in [9.17, 15) is 13.2 Å². The molecule has 1 aliphatic heterocycles. The van der Waals surface area contributed by atoms with Gasteiger partial charge in [0.05, 0.1) is 4.90 Å². The SMILES string of the molecule is CCCNC(=O)CC1CCN(S(=O)(=O)c2ccc(Cl)cc2)CC1. The van der Waals surface area contributed by atoms with Crippen LogP contribution in [0.15, 0.2) is 29.2 Å². The highest BCUT2D eigenvalue weighted by Gasteiger charge is 2.30. The average molecular weight is 359 g/mol. The zero-order valence-electron chi connectivity index (χ0n) is 13.3. The normalized spacial score (nSPS) is 17.1. The molecule has 1 N–H and O–H groups in total. The van der Waals surface area contributed by atoms with Crippen LogP contribution in [-0.4, -0.2) is 38.3 Å². The molecule has 0 saturated carbocycles. The summed E-state index contributed by atoms with van der Waals surface area (Å²) in [7, 11) is -3.47. The van der Waals surface area contributed by atoms with Crippen LogP contribution in [0.3, 0.4) is 0 Å². The first kappa shape index (κ1) is 18.2. The van der Waals surface area contributed by atoms with E-state index in [0.717, 1.165) is 6.42 Å². The second-order valence-electron chi connectivity index (χ2n) is 5.86. The van der Waals surface area contributed by atoms with Gasteiger partial charge in [0.15, 0.2) is 0 Å². The molecule has 7 heteroatoms. The highest BCUT2D eigenvalue weighted by molar-refractivity contribution is 7.89. The van der Waals surface area contributed by atoms with Crippen molar-refractivity contribution in [1.82, 2.24) is 9.62 Å². The van der Waals surface area contributed by atoms with Gasteiger partial charge in [0, 0.05) is 31.1 Å². The van der Waals surface area contributed by atoms with Gasteiger partial charge < -0.3 is 5.32 Å². The molecule has 0 radical (unpaired) electrons. The van der Waals surface area contributed by atoms with Gasteiger partial charge in [-0.05, 0) is 49.4 Å². The molecular formula is C16H23ClN2O3S. The second kappa shape index (κ2) is 8.13. The van der Waals surface area contributed by atoms with Gasteiger partial charge in [-0.1, -0.05) is 18.5 Å². The summed E-state index contributed by atoms with van der Waals surface area (Å²) in [6.45, 7) is 3.62. The van der Waals surface area contributed by atoms with Gasteiger partial charge in [0.1, 0.15) is 0 Å². The minimum Gasteiger partial charge on any atom is -0.356 e. The third-order valence-electron chi connectivity index (χ3n) is 4.07. The number of rotatable bonds is 6. The minimum absolute atomic E-state index is 0.0610. The predicted octanol–water partition coefficient (Wildman–Crippen LogP) is 2.66. The Hall–Kier alpha value is -1.11. The van der Waals surface area contributed by atoms with Crippen LogP contribution in [0.1, 0.15) is 32.6 Å². The number of sulfonamides is 1. The monoisotopic (exact) mass is 358 g/mol. The number of benzene rings is 1. The number of halogens is 1. The number of piperidine rings is 1. The van der Waals surface area contributed by atoms with Crippen molar-refractivity contribution in [3.63, 3.8) is 0 Å². The molecule has 1 aromatic carbocycles. The topological polar surface area (TPSA) is 66.5 Å². The molecule has 0 aliphatic carbocycles. The molecule has 1 saturated heterocycles. The number of amides is 1. The molecule has 0 unspecified atom stereocenters. The molecule has 23 heavy (non-hydrogen) atoms. The van der Waals surface area contributed by atoms with Crippen molar-refractivity contribution in [3.05, 3.63) is 29.3 Å². The first-order chi connectivity index (χ1) is 10.9. The molecule has 2 rings (SSSR count). The van der Waals surface area contributed by atoms with E-state index in [2.05, 4.69) is 5.32 Å². The quantitative estimate of drug-likeness (QED) is 0.850. The van der Waals surface area contributed by atoms with Crippen LogP contribution in [-0.2, 0) is 14.8 Å². The lowest BCUT2D eigenvalue weighted by molar-refractivity contribution is -0.122. The summed E-state index contributed by atoms with van der Waals surface area (Å²) >= 11 is 5.80. The molecule has 1 amide bonds. The highest BCUT2D eigenvalue weighted by Crippen LogP contribution is 2.26. The van der Waals surface area contributed by atoms with Crippen molar-refractivity contribution in [2.75, 3.05) is 19.6 Å². The van der Waals surface area contributed by atoms with E-state index in [0.29, 0.717) is 43.9 Å². The number of hydrogen-bond acceptors (Lipinski definition) is 3. The Morgan fingerprint density at radius 1 is 1.26 bits per heavy atom. The van der Waals surface area contributed by atoms with Crippen molar-refractivity contribution in [1.29, 1.82) is 0 Å². The van der Waals surface area contributed by atoms with Crippen LogP contribution >= 0.6 is 11.6 Å². The van der Waals surface area contributed by atoms with Crippen molar-refractivity contribution < 1.29 is 13.2 Å². The van der Waals surface area contributed by atoms with Gasteiger partial charge in [0.25, 0.3) is 0 Å². The Morgan fingerprint density at radius 2 is 1.87 bits per heavy atom. The fourth-order valence-electron chi connectivity index (χ4n) is 2.71. The molecule has 128 valence electrons. The molecular weight excluding hydrogens is 336 g/mol. The first-order valence-electron chi connectivity index (χ1n) is 7.96. The number of carbonyl (C=O) groups excluding carboxylic acids is 1. The maximum Gasteiger partial charge on any atom is 0.243 e. The van der Waals surface area contributed by atoms with Crippen LogP contribution in [0.4, 0.5) is 0 Å². The highest BCUT2D eigenvalue weighted by atomic mass is 35.5. The largest absolute Gasteiger partial charge is 0.356 e. The van der Waals surface area contributed by atoms with Crippen molar-refractivity contribution in [2.45, 2.75) is 37.5 Å². The number of nitrogens with one attached hydrogen (secondary N) is 1. The molecule has 5 nitrogen and oxygen atoms in total. The van der Waals surface area contributed by atoms with E-state index in [1.807, 2.05) is 6.92 Å². The summed E-state index contributed by atoms with van der Waals surface area (Å²) in [4.78, 5) is 12.0. The van der Waals surface area contributed by atoms with Gasteiger partial charge in [-0.25, -0.2) is 8.42 Å². The van der Waals surface area contributed by atoms with Crippen LogP contribution in [0.5, 0.6) is 0 Å². The third kappa shape index (κ3) is 4.93. The lowest BCUT2D eigenvalue weighted by atomic mass is 9.94. The minimum atomic E-state index is -3.47. The van der Waals surface area contributed by atoms with Crippen LogP contribution in [0.25, 0.3) is 0 Å². The molecule has 1 aliphatic rings. The lowest BCUT2D eigenvalue weighted by Crippen LogP contribution is -2.39. The maximum absolute atomic E-state index is 12.6.